The van der Waals surface area contributed by atoms with Crippen LogP contribution in [-0.2, 0) is 12.7 Å². The molecule has 1 atom stereocenters. The Bertz CT molecular complexity index is 1010. The van der Waals surface area contributed by atoms with Crippen molar-refractivity contribution >= 4 is 11.6 Å². The Balaban J connectivity index is 1.80. The van der Waals surface area contributed by atoms with Crippen molar-refractivity contribution in [2.24, 2.45) is 0 Å². The van der Waals surface area contributed by atoms with Crippen LogP contribution in [0.15, 0.2) is 36.4 Å². The summed E-state index contributed by atoms with van der Waals surface area (Å²) in [6.45, 7) is 3.53. The van der Waals surface area contributed by atoms with Crippen LogP contribution >= 0.6 is 0 Å². The number of anilines is 1. The first-order chi connectivity index (χ1) is 14.6. The van der Waals surface area contributed by atoms with Gasteiger partial charge in [-0.1, -0.05) is 18.1 Å². The number of halogens is 3. The van der Waals surface area contributed by atoms with Crippen molar-refractivity contribution < 1.29 is 18.0 Å². The molecule has 0 saturated carbocycles. The fraction of sp³-hybridized carbons (Fsp3) is 0.375. The van der Waals surface area contributed by atoms with Gasteiger partial charge >= 0.3 is 6.18 Å². The summed E-state index contributed by atoms with van der Waals surface area (Å²) in [6, 6.07) is 9.17. The standard InChI is InChI=1S/C24H26F3N3O/c1-5-17-12-18(7-6-16(17)2)23(31)28-20-9-8-19(22(13-20)24(25,26)27)14-30-11-10-21(15-30)29(3)4/h1,6-9,12-13,21H,10-11,14-15H2,2-4H3,(H,28,31)/t21-/m0/s1. The molecule has 1 aliphatic rings. The number of hydrogen-bond acceptors (Lipinski definition) is 3. The first-order valence-electron chi connectivity index (χ1n) is 10.1. The summed E-state index contributed by atoms with van der Waals surface area (Å²) in [5.74, 6) is 1.99. The number of aryl methyl sites for hydroxylation is 1. The maximum atomic E-state index is 13.7. The number of amides is 1. The maximum absolute atomic E-state index is 13.7. The molecule has 2 aromatic rings. The predicted molar refractivity (Wildman–Crippen MR) is 116 cm³/mol. The molecule has 0 aliphatic carbocycles. The highest BCUT2D eigenvalue weighted by atomic mass is 19.4. The number of alkyl halides is 3. The Labute approximate surface area is 181 Å². The lowest BCUT2D eigenvalue weighted by Crippen LogP contribution is -2.31. The van der Waals surface area contributed by atoms with Crippen molar-refractivity contribution in [1.82, 2.24) is 9.80 Å². The minimum atomic E-state index is -4.52. The second-order valence-electron chi connectivity index (χ2n) is 8.14. The van der Waals surface area contributed by atoms with Crippen LogP contribution < -0.4 is 5.32 Å². The Kier molecular flexibility index (Phi) is 6.73. The van der Waals surface area contributed by atoms with Gasteiger partial charge in [-0.3, -0.25) is 9.69 Å². The molecule has 1 aliphatic heterocycles. The van der Waals surface area contributed by atoms with E-state index < -0.39 is 17.6 Å². The highest BCUT2D eigenvalue weighted by Crippen LogP contribution is 2.35. The summed E-state index contributed by atoms with van der Waals surface area (Å²) < 4.78 is 41.2. The summed E-state index contributed by atoms with van der Waals surface area (Å²) in [6.07, 6.45) is 1.85. The molecule has 4 nitrogen and oxygen atoms in total. The molecule has 164 valence electrons. The summed E-state index contributed by atoms with van der Waals surface area (Å²) in [5.41, 5.74) is 1.28. The van der Waals surface area contributed by atoms with Crippen LogP contribution in [0.25, 0.3) is 0 Å². The summed E-state index contributed by atoms with van der Waals surface area (Å²) >= 11 is 0. The zero-order valence-electron chi connectivity index (χ0n) is 17.9. The molecule has 0 aromatic heterocycles. The molecule has 1 N–H and O–H groups in total. The van der Waals surface area contributed by atoms with Gasteiger partial charge in [0.1, 0.15) is 0 Å². The fourth-order valence-corrected chi connectivity index (χ4v) is 3.80. The topological polar surface area (TPSA) is 35.6 Å². The third kappa shape index (κ3) is 5.46. The lowest BCUT2D eigenvalue weighted by Gasteiger charge is -2.22. The molecule has 2 aromatic carbocycles. The molecule has 1 saturated heterocycles. The number of likely N-dealkylation sites (tertiary alicyclic amines) is 1. The smallest absolute Gasteiger partial charge is 0.322 e. The van der Waals surface area contributed by atoms with E-state index in [1.807, 2.05) is 25.9 Å². The predicted octanol–water partition coefficient (Wildman–Crippen LogP) is 4.38. The van der Waals surface area contributed by atoms with E-state index in [2.05, 4.69) is 16.1 Å². The monoisotopic (exact) mass is 429 g/mol. The van der Waals surface area contributed by atoms with Crippen molar-refractivity contribution in [2.45, 2.75) is 32.1 Å². The van der Waals surface area contributed by atoms with Gasteiger partial charge in [0.15, 0.2) is 0 Å². The average Bonchev–Trinajstić information content (AvgIpc) is 3.17. The molecular weight excluding hydrogens is 403 g/mol. The highest BCUT2D eigenvalue weighted by Gasteiger charge is 2.35. The molecule has 0 bridgehead atoms. The molecule has 1 heterocycles. The van der Waals surface area contributed by atoms with Crippen LogP contribution in [0.5, 0.6) is 0 Å². The van der Waals surface area contributed by atoms with E-state index in [4.69, 9.17) is 6.42 Å². The van der Waals surface area contributed by atoms with Crippen molar-refractivity contribution in [3.05, 3.63) is 64.2 Å². The SMILES string of the molecule is C#Cc1cc(C(=O)Nc2ccc(CN3CC[C@H](N(C)C)C3)c(C(F)(F)F)c2)ccc1C. The minimum absolute atomic E-state index is 0.0940. The van der Waals surface area contributed by atoms with E-state index in [-0.39, 0.29) is 17.8 Å². The van der Waals surface area contributed by atoms with Gasteiger partial charge in [-0.05, 0) is 62.8 Å². The lowest BCUT2D eigenvalue weighted by atomic mass is 10.0. The van der Waals surface area contributed by atoms with Gasteiger partial charge in [0.2, 0.25) is 0 Å². The van der Waals surface area contributed by atoms with Crippen molar-refractivity contribution in [1.29, 1.82) is 0 Å². The molecular formula is C24H26F3N3O. The number of carbonyl (C=O) groups is 1. The van der Waals surface area contributed by atoms with E-state index in [9.17, 15) is 18.0 Å². The quantitative estimate of drug-likeness (QED) is 0.717. The van der Waals surface area contributed by atoms with E-state index in [1.165, 1.54) is 12.1 Å². The largest absolute Gasteiger partial charge is 0.416 e. The van der Waals surface area contributed by atoms with Crippen molar-refractivity contribution in [3.63, 3.8) is 0 Å². The van der Waals surface area contributed by atoms with E-state index in [0.29, 0.717) is 17.2 Å². The van der Waals surface area contributed by atoms with Gasteiger partial charge in [0.05, 0.1) is 5.56 Å². The van der Waals surface area contributed by atoms with Crippen LogP contribution in [0.1, 0.15) is 39.0 Å². The van der Waals surface area contributed by atoms with E-state index in [1.54, 1.807) is 18.2 Å². The number of likely N-dealkylation sites (N-methyl/N-ethyl adjacent to an activating group) is 1. The van der Waals surface area contributed by atoms with Gasteiger partial charge < -0.3 is 10.2 Å². The van der Waals surface area contributed by atoms with Crippen LogP contribution in [-0.4, -0.2) is 48.9 Å². The minimum Gasteiger partial charge on any atom is -0.322 e. The number of nitrogens with zero attached hydrogens (tertiary/aromatic N) is 2. The lowest BCUT2D eigenvalue weighted by molar-refractivity contribution is -0.138. The van der Waals surface area contributed by atoms with Crippen LogP contribution in [0.3, 0.4) is 0 Å². The first-order valence-corrected chi connectivity index (χ1v) is 10.1. The van der Waals surface area contributed by atoms with Crippen LogP contribution in [0.2, 0.25) is 0 Å². The van der Waals surface area contributed by atoms with Crippen molar-refractivity contribution in [2.75, 3.05) is 32.5 Å². The molecule has 0 spiro atoms. The number of carbonyl (C=O) groups excluding carboxylic acids is 1. The van der Waals surface area contributed by atoms with Gasteiger partial charge in [-0.25, -0.2) is 0 Å². The third-order valence-electron chi connectivity index (χ3n) is 5.70. The molecule has 3 rings (SSSR count). The van der Waals surface area contributed by atoms with Crippen molar-refractivity contribution in [3.8, 4) is 12.3 Å². The second kappa shape index (κ2) is 9.13. The van der Waals surface area contributed by atoms with Crippen LogP contribution in [0.4, 0.5) is 18.9 Å². The zero-order chi connectivity index (χ0) is 22.8. The first kappa shape index (κ1) is 22.9. The van der Waals surface area contributed by atoms with Gasteiger partial charge in [-0.15, -0.1) is 6.42 Å². The Morgan fingerprint density at radius 3 is 2.61 bits per heavy atom. The normalized spacial score (nSPS) is 17.0. The van der Waals surface area contributed by atoms with Gasteiger partial charge in [0.25, 0.3) is 5.91 Å². The van der Waals surface area contributed by atoms with Crippen LogP contribution in [0, 0.1) is 19.3 Å². The van der Waals surface area contributed by atoms with E-state index >= 15 is 0 Å². The number of rotatable bonds is 5. The Morgan fingerprint density at radius 2 is 2.00 bits per heavy atom. The Morgan fingerprint density at radius 1 is 1.26 bits per heavy atom. The molecule has 1 fully saturated rings. The van der Waals surface area contributed by atoms with Gasteiger partial charge in [-0.2, -0.15) is 13.2 Å². The number of benzene rings is 2. The van der Waals surface area contributed by atoms with Gasteiger partial charge in [0, 0.05) is 42.5 Å². The third-order valence-corrected chi connectivity index (χ3v) is 5.70. The van der Waals surface area contributed by atoms with E-state index in [0.717, 1.165) is 31.1 Å². The number of nitrogens with one attached hydrogen (secondary N) is 1. The molecule has 7 heteroatoms. The zero-order valence-corrected chi connectivity index (χ0v) is 17.9. The fourth-order valence-electron chi connectivity index (χ4n) is 3.80. The molecule has 1 amide bonds. The molecule has 31 heavy (non-hydrogen) atoms. The number of terminal acetylenes is 1. The molecule has 0 unspecified atom stereocenters. The summed E-state index contributed by atoms with van der Waals surface area (Å²) in [5, 5.41) is 2.56. The number of hydrogen-bond donors (Lipinski definition) is 1. The average molecular weight is 429 g/mol. The second-order valence-corrected chi connectivity index (χ2v) is 8.14. The maximum Gasteiger partial charge on any atom is 0.416 e. The summed E-state index contributed by atoms with van der Waals surface area (Å²) in [7, 11) is 3.96. The Hall–Kier alpha value is -2.82. The molecule has 0 radical (unpaired) electrons. The highest BCUT2D eigenvalue weighted by molar-refractivity contribution is 6.04. The summed E-state index contributed by atoms with van der Waals surface area (Å²) in [4.78, 5) is 16.7.